The van der Waals surface area contributed by atoms with Crippen LogP contribution in [0.1, 0.15) is 56.7 Å². The summed E-state index contributed by atoms with van der Waals surface area (Å²) < 4.78 is 15.1. The normalized spacial score (nSPS) is 10.1. The molecule has 0 amide bonds. The van der Waals surface area contributed by atoms with Gasteiger partial charge >= 0.3 is 17.9 Å². The number of ether oxygens (including phenoxy) is 3. The maximum absolute atomic E-state index is 11.6. The molecule has 0 bridgehead atoms. The first-order valence-corrected chi connectivity index (χ1v) is 9.12. The van der Waals surface area contributed by atoms with Crippen LogP contribution in [0.15, 0.2) is 18.2 Å². The Balaban J connectivity index is 2.87. The molecule has 0 atom stereocenters. The quantitative estimate of drug-likeness (QED) is 0.282. The fourth-order valence-electron chi connectivity index (χ4n) is 2.34. The molecule has 0 aliphatic carbocycles. The first kappa shape index (κ1) is 24.7. The number of Topliss-reactive ketones (excluding diaryl/α,β-unsaturated/α-hetero) is 3. The van der Waals surface area contributed by atoms with Gasteiger partial charge < -0.3 is 14.2 Å². The van der Waals surface area contributed by atoms with E-state index in [1.54, 1.807) is 18.2 Å². The van der Waals surface area contributed by atoms with Gasteiger partial charge in [-0.2, -0.15) is 0 Å². The van der Waals surface area contributed by atoms with E-state index in [9.17, 15) is 28.8 Å². The molecule has 0 N–H and O–H groups in total. The third kappa shape index (κ3) is 10.8. The Labute approximate surface area is 173 Å². The van der Waals surface area contributed by atoms with Crippen LogP contribution >= 0.6 is 0 Å². The van der Waals surface area contributed by atoms with Crippen molar-refractivity contribution >= 4 is 35.3 Å². The van der Waals surface area contributed by atoms with Crippen molar-refractivity contribution in [1.82, 2.24) is 0 Å². The zero-order valence-electron chi connectivity index (χ0n) is 17.1. The van der Waals surface area contributed by atoms with Crippen LogP contribution in [0.3, 0.4) is 0 Å². The Bertz CT molecular complexity index is 717. The molecule has 0 aromatic heterocycles. The smallest absolute Gasteiger partial charge is 0.313 e. The van der Waals surface area contributed by atoms with Crippen LogP contribution in [-0.2, 0) is 62.8 Å². The predicted octanol–water partition coefficient (Wildman–Crippen LogP) is 1.75. The number of esters is 3. The second-order valence-electron chi connectivity index (χ2n) is 6.78. The number of ketones is 3. The minimum absolute atomic E-state index is 0.143. The van der Waals surface area contributed by atoms with Crippen molar-refractivity contribution in [3.63, 3.8) is 0 Å². The molecule has 0 saturated carbocycles. The molecule has 0 radical (unpaired) electrons. The van der Waals surface area contributed by atoms with Crippen LogP contribution in [-0.4, -0.2) is 35.3 Å². The second-order valence-corrected chi connectivity index (χ2v) is 6.78. The van der Waals surface area contributed by atoms with Gasteiger partial charge in [0.05, 0.1) is 0 Å². The van der Waals surface area contributed by atoms with Crippen molar-refractivity contribution in [2.24, 2.45) is 0 Å². The highest BCUT2D eigenvalue weighted by Gasteiger charge is 2.12. The van der Waals surface area contributed by atoms with Gasteiger partial charge in [-0.15, -0.1) is 0 Å². The van der Waals surface area contributed by atoms with Gasteiger partial charge in [0.2, 0.25) is 0 Å². The molecule has 1 aromatic carbocycles. The molecule has 9 nitrogen and oxygen atoms in total. The molecule has 9 heteroatoms. The van der Waals surface area contributed by atoms with E-state index in [1.807, 2.05) is 0 Å². The van der Waals surface area contributed by atoms with E-state index >= 15 is 0 Å². The largest absolute Gasteiger partial charge is 0.460 e. The highest BCUT2D eigenvalue weighted by Crippen LogP contribution is 2.15. The average Bonchev–Trinajstić information content (AvgIpc) is 2.61. The molecule has 0 aliphatic heterocycles. The molecule has 0 heterocycles. The highest BCUT2D eigenvalue weighted by atomic mass is 16.5. The molecule has 0 aliphatic rings. The molecular formula is C21H24O9. The van der Waals surface area contributed by atoms with Crippen molar-refractivity contribution < 1.29 is 43.0 Å². The first-order valence-electron chi connectivity index (χ1n) is 9.12. The maximum Gasteiger partial charge on any atom is 0.313 e. The number of rotatable bonds is 12. The van der Waals surface area contributed by atoms with Crippen molar-refractivity contribution in [2.75, 3.05) is 0 Å². The average molecular weight is 420 g/mol. The van der Waals surface area contributed by atoms with E-state index in [0.29, 0.717) is 16.7 Å². The Hall–Kier alpha value is -3.36. The van der Waals surface area contributed by atoms with Crippen molar-refractivity contribution in [2.45, 2.75) is 59.9 Å². The minimum Gasteiger partial charge on any atom is -0.460 e. The van der Waals surface area contributed by atoms with Crippen molar-refractivity contribution in [3.05, 3.63) is 34.9 Å². The maximum atomic E-state index is 11.6. The van der Waals surface area contributed by atoms with Gasteiger partial charge in [0.25, 0.3) is 0 Å². The van der Waals surface area contributed by atoms with Gasteiger partial charge in [-0.1, -0.05) is 0 Å². The van der Waals surface area contributed by atoms with E-state index in [2.05, 4.69) is 0 Å². The molecular weight excluding hydrogens is 396 g/mol. The second kappa shape index (κ2) is 12.3. The first-order chi connectivity index (χ1) is 14.0. The molecule has 0 unspecified atom stereocenters. The lowest BCUT2D eigenvalue weighted by molar-refractivity contribution is -0.148. The summed E-state index contributed by atoms with van der Waals surface area (Å²) in [6, 6.07) is 4.84. The molecule has 1 aromatic rings. The highest BCUT2D eigenvalue weighted by molar-refractivity contribution is 5.95. The summed E-state index contributed by atoms with van der Waals surface area (Å²) in [5, 5.41) is 0. The van der Waals surface area contributed by atoms with E-state index in [1.165, 1.54) is 20.8 Å². The SMILES string of the molecule is CC(=O)CC(=O)OCc1cc(COC(=O)CC(C)=O)cc(COC(=O)CC(C)=O)c1. The molecule has 0 spiro atoms. The number of benzene rings is 1. The standard InChI is InChI=1S/C21H24O9/c1-13(22)4-19(25)28-10-16-7-17(11-29-20(26)5-14(2)23)9-18(8-16)12-30-21(27)6-15(3)24/h7-9H,4-6,10-12H2,1-3H3. The summed E-state index contributed by atoms with van der Waals surface area (Å²) in [6.07, 6.45) is -1.05. The van der Waals surface area contributed by atoms with Crippen LogP contribution in [0.5, 0.6) is 0 Å². The van der Waals surface area contributed by atoms with E-state index < -0.39 is 17.9 Å². The third-order valence-corrected chi connectivity index (χ3v) is 3.49. The summed E-state index contributed by atoms with van der Waals surface area (Å²) >= 11 is 0. The fourth-order valence-corrected chi connectivity index (χ4v) is 2.34. The van der Waals surface area contributed by atoms with Crippen LogP contribution in [0.4, 0.5) is 0 Å². The van der Waals surface area contributed by atoms with Gasteiger partial charge in [0, 0.05) is 0 Å². The summed E-state index contributed by atoms with van der Waals surface area (Å²) in [5.41, 5.74) is 1.55. The zero-order valence-corrected chi connectivity index (χ0v) is 17.1. The fraction of sp³-hybridized carbons (Fsp3) is 0.429. The monoisotopic (exact) mass is 420 g/mol. The zero-order chi connectivity index (χ0) is 22.7. The summed E-state index contributed by atoms with van der Waals surface area (Å²) in [7, 11) is 0. The minimum atomic E-state index is -0.685. The van der Waals surface area contributed by atoms with Crippen LogP contribution in [0.25, 0.3) is 0 Å². The van der Waals surface area contributed by atoms with Crippen molar-refractivity contribution in [3.8, 4) is 0 Å². The van der Waals surface area contributed by atoms with E-state index in [-0.39, 0.29) is 56.4 Å². The van der Waals surface area contributed by atoms with Crippen LogP contribution < -0.4 is 0 Å². The summed E-state index contributed by atoms with van der Waals surface area (Å²) in [4.78, 5) is 67.7. The number of hydrogen-bond donors (Lipinski definition) is 0. The molecule has 30 heavy (non-hydrogen) atoms. The van der Waals surface area contributed by atoms with Gasteiger partial charge in [-0.05, 0) is 55.7 Å². The van der Waals surface area contributed by atoms with E-state index in [4.69, 9.17) is 14.2 Å². The molecule has 0 saturated heterocycles. The Morgan fingerprint density at radius 2 is 0.767 bits per heavy atom. The Morgan fingerprint density at radius 3 is 0.967 bits per heavy atom. The predicted molar refractivity (Wildman–Crippen MR) is 102 cm³/mol. The molecule has 162 valence electrons. The number of hydrogen-bond acceptors (Lipinski definition) is 9. The lowest BCUT2D eigenvalue weighted by Crippen LogP contribution is -2.11. The molecule has 1 rings (SSSR count). The van der Waals surface area contributed by atoms with Gasteiger partial charge in [0.1, 0.15) is 56.4 Å². The third-order valence-electron chi connectivity index (χ3n) is 3.49. The van der Waals surface area contributed by atoms with Crippen LogP contribution in [0, 0.1) is 0 Å². The van der Waals surface area contributed by atoms with E-state index in [0.717, 1.165) is 0 Å². The lowest BCUT2D eigenvalue weighted by atomic mass is 10.1. The summed E-state index contributed by atoms with van der Waals surface area (Å²) in [5.74, 6) is -3.04. The number of carbonyl (C=O) groups excluding carboxylic acids is 6. The Morgan fingerprint density at radius 1 is 0.533 bits per heavy atom. The summed E-state index contributed by atoms with van der Waals surface area (Å²) in [6.45, 7) is 3.38. The molecule has 0 fully saturated rings. The van der Waals surface area contributed by atoms with Crippen molar-refractivity contribution in [1.29, 1.82) is 0 Å². The lowest BCUT2D eigenvalue weighted by Gasteiger charge is -2.11. The van der Waals surface area contributed by atoms with Gasteiger partial charge in [-0.25, -0.2) is 0 Å². The van der Waals surface area contributed by atoms with Gasteiger partial charge in [-0.3, -0.25) is 28.8 Å². The van der Waals surface area contributed by atoms with Gasteiger partial charge in [0.15, 0.2) is 0 Å². The Kier molecular flexibility index (Phi) is 10.1. The topological polar surface area (TPSA) is 130 Å². The van der Waals surface area contributed by atoms with Crippen LogP contribution in [0.2, 0.25) is 0 Å². The number of carbonyl (C=O) groups is 6.